The topological polar surface area (TPSA) is 0 Å². The summed E-state index contributed by atoms with van der Waals surface area (Å²) in [4.78, 5) is 0. The Kier molecular flexibility index (Phi) is 6.39. The van der Waals surface area contributed by atoms with E-state index >= 15 is 4.39 Å². The Balaban J connectivity index is 1.51. The average molecular weight is 351 g/mol. The standard InChI is InChI=1S/C23H36F2/c1-3-5-18-6-8-19(9-7-18)20-10-12-21(13-11-20)23(25)15-14-17(4-2)16-22(23)24/h14-16,18-22H,3-13H2,1-2H3. The van der Waals surface area contributed by atoms with E-state index in [-0.39, 0.29) is 5.92 Å². The average Bonchev–Trinajstić information content (AvgIpc) is 2.65. The maximum absolute atomic E-state index is 15.4. The Morgan fingerprint density at radius 3 is 2.08 bits per heavy atom. The van der Waals surface area contributed by atoms with E-state index in [4.69, 9.17) is 0 Å². The third-order valence-electron chi connectivity index (χ3n) is 7.40. The van der Waals surface area contributed by atoms with E-state index in [2.05, 4.69) is 6.92 Å². The number of hydrogen-bond acceptors (Lipinski definition) is 0. The van der Waals surface area contributed by atoms with Crippen LogP contribution in [0, 0.1) is 23.7 Å². The number of rotatable bonds is 5. The molecule has 0 nitrogen and oxygen atoms in total. The summed E-state index contributed by atoms with van der Waals surface area (Å²) in [5.74, 6) is 2.42. The van der Waals surface area contributed by atoms with Crippen molar-refractivity contribution in [3.63, 3.8) is 0 Å². The van der Waals surface area contributed by atoms with Crippen molar-refractivity contribution < 1.29 is 8.78 Å². The summed E-state index contributed by atoms with van der Waals surface area (Å²) >= 11 is 0. The van der Waals surface area contributed by atoms with Gasteiger partial charge in [0, 0.05) is 0 Å². The molecular weight excluding hydrogens is 314 g/mol. The fraction of sp³-hybridized carbons (Fsp3) is 0.826. The third kappa shape index (κ3) is 4.19. The molecule has 0 aromatic rings. The zero-order valence-corrected chi connectivity index (χ0v) is 16.2. The Morgan fingerprint density at radius 1 is 0.960 bits per heavy atom. The van der Waals surface area contributed by atoms with E-state index in [0.717, 1.165) is 55.4 Å². The van der Waals surface area contributed by atoms with Gasteiger partial charge in [0.2, 0.25) is 0 Å². The lowest BCUT2D eigenvalue weighted by molar-refractivity contribution is 0.0216. The molecule has 0 amide bonds. The third-order valence-corrected chi connectivity index (χ3v) is 7.40. The van der Waals surface area contributed by atoms with Crippen LogP contribution in [0.15, 0.2) is 23.8 Å². The highest BCUT2D eigenvalue weighted by Gasteiger charge is 2.47. The second-order valence-electron chi connectivity index (χ2n) is 8.84. The van der Waals surface area contributed by atoms with E-state index in [0.29, 0.717) is 0 Å². The summed E-state index contributed by atoms with van der Waals surface area (Å²) < 4.78 is 29.9. The molecule has 0 saturated heterocycles. The highest BCUT2D eigenvalue weighted by Crippen LogP contribution is 2.47. The van der Waals surface area contributed by atoms with E-state index < -0.39 is 11.8 Å². The van der Waals surface area contributed by atoms with Crippen molar-refractivity contribution >= 4 is 0 Å². The first kappa shape index (κ1) is 19.1. The summed E-state index contributed by atoms with van der Waals surface area (Å²) in [6.07, 6.45) is 16.3. The molecule has 2 fully saturated rings. The second-order valence-corrected chi connectivity index (χ2v) is 8.84. The van der Waals surface area contributed by atoms with Gasteiger partial charge in [0.25, 0.3) is 0 Å². The highest BCUT2D eigenvalue weighted by atomic mass is 19.2. The zero-order chi connectivity index (χ0) is 17.9. The van der Waals surface area contributed by atoms with Gasteiger partial charge in [-0.2, -0.15) is 0 Å². The van der Waals surface area contributed by atoms with Crippen LogP contribution in [0.2, 0.25) is 0 Å². The second kappa shape index (κ2) is 8.35. The molecule has 0 aromatic carbocycles. The molecule has 0 spiro atoms. The van der Waals surface area contributed by atoms with Crippen molar-refractivity contribution in [2.24, 2.45) is 23.7 Å². The fourth-order valence-corrected chi connectivity index (χ4v) is 5.68. The molecule has 142 valence electrons. The first-order valence-electron chi connectivity index (χ1n) is 10.8. The molecule has 3 aliphatic rings. The predicted molar refractivity (Wildman–Crippen MR) is 102 cm³/mol. The molecule has 0 bridgehead atoms. The normalized spacial score (nSPS) is 42.2. The van der Waals surface area contributed by atoms with Crippen molar-refractivity contribution in [1.29, 1.82) is 0 Å². The Bertz CT molecular complexity index is 478. The molecule has 2 saturated carbocycles. The maximum atomic E-state index is 15.4. The van der Waals surface area contributed by atoms with E-state index in [1.54, 1.807) is 0 Å². The summed E-state index contributed by atoms with van der Waals surface area (Å²) in [5.41, 5.74) is -0.833. The molecule has 0 aromatic heterocycles. The summed E-state index contributed by atoms with van der Waals surface area (Å²) in [5, 5.41) is 0. The zero-order valence-electron chi connectivity index (χ0n) is 16.2. The fourth-order valence-electron chi connectivity index (χ4n) is 5.68. The lowest BCUT2D eigenvalue weighted by Gasteiger charge is -2.42. The lowest BCUT2D eigenvalue weighted by atomic mass is 9.65. The van der Waals surface area contributed by atoms with Crippen molar-refractivity contribution in [1.82, 2.24) is 0 Å². The molecule has 25 heavy (non-hydrogen) atoms. The molecule has 0 heterocycles. The van der Waals surface area contributed by atoms with Crippen LogP contribution >= 0.6 is 0 Å². The molecule has 0 radical (unpaired) electrons. The van der Waals surface area contributed by atoms with Gasteiger partial charge in [-0.1, -0.05) is 45.6 Å². The number of hydrogen-bond donors (Lipinski definition) is 0. The molecule has 0 aliphatic heterocycles. The molecule has 2 unspecified atom stereocenters. The molecule has 3 rings (SSSR count). The van der Waals surface area contributed by atoms with Gasteiger partial charge in [0.1, 0.15) is 0 Å². The predicted octanol–water partition coefficient (Wildman–Crippen LogP) is 7.35. The van der Waals surface area contributed by atoms with E-state index in [9.17, 15) is 4.39 Å². The van der Waals surface area contributed by atoms with Crippen LogP contribution in [0.4, 0.5) is 8.78 Å². The van der Waals surface area contributed by atoms with Crippen molar-refractivity contribution in [2.45, 2.75) is 96.3 Å². The van der Waals surface area contributed by atoms with Gasteiger partial charge in [-0.3, -0.25) is 0 Å². The monoisotopic (exact) mass is 350 g/mol. The van der Waals surface area contributed by atoms with Crippen LogP contribution < -0.4 is 0 Å². The number of allylic oxidation sites excluding steroid dienone is 4. The molecular formula is C23H36F2. The van der Waals surface area contributed by atoms with Gasteiger partial charge in [0.15, 0.2) is 11.8 Å². The minimum atomic E-state index is -1.76. The van der Waals surface area contributed by atoms with Gasteiger partial charge in [-0.05, 0) is 86.3 Å². The SMILES string of the molecule is CCCC1CCC(C2CCC(C3(F)C=CC(CC)=CC3F)CC2)CC1. The number of alkyl halides is 2. The first-order valence-corrected chi connectivity index (χ1v) is 10.8. The van der Waals surface area contributed by atoms with Crippen LogP contribution in [0.25, 0.3) is 0 Å². The lowest BCUT2D eigenvalue weighted by Crippen LogP contribution is -2.43. The number of halogens is 2. The van der Waals surface area contributed by atoms with Gasteiger partial charge in [-0.15, -0.1) is 0 Å². The first-order chi connectivity index (χ1) is 12.1. The van der Waals surface area contributed by atoms with Gasteiger partial charge in [-0.25, -0.2) is 8.78 Å². The van der Waals surface area contributed by atoms with Crippen LogP contribution in [0.1, 0.15) is 84.5 Å². The van der Waals surface area contributed by atoms with Crippen molar-refractivity contribution in [3.05, 3.63) is 23.8 Å². The van der Waals surface area contributed by atoms with Gasteiger partial charge < -0.3 is 0 Å². The largest absolute Gasteiger partial charge is 0.239 e. The maximum Gasteiger partial charge on any atom is 0.166 e. The minimum absolute atomic E-state index is 0.138. The van der Waals surface area contributed by atoms with Gasteiger partial charge >= 0.3 is 0 Å². The smallest absolute Gasteiger partial charge is 0.166 e. The molecule has 2 heteroatoms. The molecule has 0 N–H and O–H groups in total. The Morgan fingerprint density at radius 2 is 1.56 bits per heavy atom. The van der Waals surface area contributed by atoms with Crippen molar-refractivity contribution in [3.8, 4) is 0 Å². The van der Waals surface area contributed by atoms with Crippen LogP contribution in [0.3, 0.4) is 0 Å². The summed E-state index contributed by atoms with van der Waals surface area (Å²) in [6, 6.07) is 0. The highest BCUT2D eigenvalue weighted by molar-refractivity contribution is 5.32. The van der Waals surface area contributed by atoms with Gasteiger partial charge in [0.05, 0.1) is 0 Å². The Labute approximate surface area is 153 Å². The Hall–Kier alpha value is -0.660. The van der Waals surface area contributed by atoms with E-state index in [1.165, 1.54) is 50.7 Å². The quantitative estimate of drug-likeness (QED) is 0.486. The molecule has 3 aliphatic carbocycles. The van der Waals surface area contributed by atoms with Crippen LogP contribution in [-0.2, 0) is 0 Å². The van der Waals surface area contributed by atoms with Crippen LogP contribution in [0.5, 0.6) is 0 Å². The van der Waals surface area contributed by atoms with E-state index in [1.807, 2.05) is 13.0 Å². The molecule has 2 atom stereocenters. The summed E-state index contributed by atoms with van der Waals surface area (Å²) in [6.45, 7) is 4.28. The van der Waals surface area contributed by atoms with Crippen LogP contribution in [-0.4, -0.2) is 11.8 Å². The summed E-state index contributed by atoms with van der Waals surface area (Å²) in [7, 11) is 0. The van der Waals surface area contributed by atoms with Crippen molar-refractivity contribution in [2.75, 3.05) is 0 Å². The minimum Gasteiger partial charge on any atom is -0.239 e.